The lowest BCUT2D eigenvalue weighted by Gasteiger charge is -2.36. The van der Waals surface area contributed by atoms with Crippen LogP contribution in [-0.4, -0.2) is 16.0 Å². The zero-order chi connectivity index (χ0) is 14.5. The van der Waals surface area contributed by atoms with E-state index in [4.69, 9.17) is 9.47 Å². The van der Waals surface area contributed by atoms with Crippen molar-refractivity contribution in [1.29, 1.82) is 0 Å². The van der Waals surface area contributed by atoms with Crippen LogP contribution in [0.25, 0.3) is 0 Å². The average Bonchev–Trinajstić information content (AvgIpc) is 2.52. The predicted octanol–water partition coefficient (Wildman–Crippen LogP) is 4.79. The third-order valence-corrected chi connectivity index (χ3v) is 5.73. The molecule has 1 aliphatic heterocycles. The van der Waals surface area contributed by atoms with Crippen LogP contribution in [0.2, 0.25) is 0 Å². The van der Waals surface area contributed by atoms with Gasteiger partial charge in [-0.25, -0.2) is 0 Å². The molecule has 0 atom stereocenters. The highest BCUT2D eigenvalue weighted by molar-refractivity contribution is 8.18. The number of para-hydroxylation sites is 2. The van der Waals surface area contributed by atoms with Crippen molar-refractivity contribution >= 4 is 23.5 Å². The number of benzene rings is 2. The van der Waals surface area contributed by atoms with Gasteiger partial charge in [-0.05, 0) is 24.3 Å². The van der Waals surface area contributed by atoms with Gasteiger partial charge in [0.1, 0.15) is 11.5 Å². The maximum Gasteiger partial charge on any atom is 0.355 e. The van der Waals surface area contributed by atoms with Crippen LogP contribution < -0.4 is 9.47 Å². The second kappa shape index (κ2) is 6.50. The monoisotopic (exact) mass is 316 g/mol. The molecule has 2 aromatic rings. The normalized spacial score (nSPS) is 17.2. The molecule has 21 heavy (non-hydrogen) atoms. The van der Waals surface area contributed by atoms with E-state index in [0.717, 1.165) is 23.0 Å². The molecule has 0 aliphatic carbocycles. The minimum Gasteiger partial charge on any atom is -0.435 e. The molecule has 1 saturated heterocycles. The van der Waals surface area contributed by atoms with E-state index in [1.54, 1.807) is 23.5 Å². The van der Waals surface area contributed by atoms with Gasteiger partial charge in [-0.2, -0.15) is 0 Å². The van der Waals surface area contributed by atoms with Crippen LogP contribution in [0, 0.1) is 0 Å². The van der Waals surface area contributed by atoms with Gasteiger partial charge in [0.25, 0.3) is 0 Å². The van der Waals surface area contributed by atoms with Crippen LogP contribution in [0.15, 0.2) is 72.8 Å². The predicted molar refractivity (Wildman–Crippen MR) is 90.9 cm³/mol. The zero-order valence-corrected chi connectivity index (χ0v) is 13.2. The maximum atomic E-state index is 6.16. The lowest BCUT2D eigenvalue weighted by molar-refractivity contribution is 0.0518. The molecule has 108 valence electrons. The van der Waals surface area contributed by atoms with Crippen LogP contribution >= 0.6 is 23.5 Å². The second-order valence-electron chi connectivity index (χ2n) is 4.66. The molecule has 3 rings (SSSR count). The Morgan fingerprint density at radius 2 is 1.19 bits per heavy atom. The van der Waals surface area contributed by atoms with Crippen molar-refractivity contribution in [2.24, 2.45) is 0 Å². The molecule has 1 aliphatic rings. The van der Waals surface area contributed by atoms with Gasteiger partial charge >= 0.3 is 4.45 Å². The minimum atomic E-state index is -0.760. The zero-order valence-electron chi connectivity index (χ0n) is 11.5. The quantitative estimate of drug-likeness (QED) is 0.596. The second-order valence-corrected chi connectivity index (χ2v) is 7.15. The van der Waals surface area contributed by atoms with Crippen LogP contribution in [0.3, 0.4) is 0 Å². The summed E-state index contributed by atoms with van der Waals surface area (Å²) in [7, 11) is 0. The van der Waals surface area contributed by atoms with Crippen LogP contribution in [-0.2, 0) is 0 Å². The smallest absolute Gasteiger partial charge is 0.355 e. The largest absolute Gasteiger partial charge is 0.435 e. The third kappa shape index (κ3) is 3.77. The first-order chi connectivity index (χ1) is 10.3. The highest BCUT2D eigenvalue weighted by atomic mass is 32.2. The topological polar surface area (TPSA) is 18.5 Å². The Hall–Kier alpha value is -1.52. The number of rotatable bonds is 4. The third-order valence-electron chi connectivity index (χ3n) is 2.88. The molecule has 2 aromatic carbocycles. The summed E-state index contributed by atoms with van der Waals surface area (Å²) in [4.78, 5) is 0. The van der Waals surface area contributed by atoms with Crippen molar-refractivity contribution in [2.75, 3.05) is 11.5 Å². The van der Waals surface area contributed by atoms with Crippen molar-refractivity contribution < 1.29 is 9.47 Å². The van der Waals surface area contributed by atoms with Gasteiger partial charge < -0.3 is 9.47 Å². The molecule has 2 nitrogen and oxygen atoms in total. The Labute approximate surface area is 133 Å². The standard InChI is InChI=1S/C17H16O2S2/c1-14-12-20-17(21-13-14,18-15-8-4-2-5-9-15)19-16-10-6-3-7-11-16/h2-11H,1,12-13H2. The first kappa shape index (κ1) is 14.4. The molecule has 0 spiro atoms. The van der Waals surface area contributed by atoms with Gasteiger partial charge in [0.05, 0.1) is 0 Å². The molecular formula is C17H16O2S2. The minimum absolute atomic E-state index is 0.760. The van der Waals surface area contributed by atoms with E-state index in [2.05, 4.69) is 6.58 Å². The Bertz CT molecular complexity index is 545. The highest BCUT2D eigenvalue weighted by Crippen LogP contribution is 2.45. The van der Waals surface area contributed by atoms with Crippen LogP contribution in [0.4, 0.5) is 0 Å². The maximum absolute atomic E-state index is 6.16. The van der Waals surface area contributed by atoms with Gasteiger partial charge in [0.15, 0.2) is 0 Å². The van der Waals surface area contributed by atoms with E-state index in [1.165, 1.54) is 5.57 Å². The molecule has 0 radical (unpaired) electrons. The molecule has 1 heterocycles. The molecule has 0 aromatic heterocycles. The van der Waals surface area contributed by atoms with E-state index < -0.39 is 4.45 Å². The van der Waals surface area contributed by atoms with Gasteiger partial charge in [0.2, 0.25) is 0 Å². The van der Waals surface area contributed by atoms with Crippen molar-refractivity contribution in [1.82, 2.24) is 0 Å². The molecular weight excluding hydrogens is 300 g/mol. The van der Waals surface area contributed by atoms with E-state index in [-0.39, 0.29) is 0 Å². The first-order valence-corrected chi connectivity index (χ1v) is 8.66. The summed E-state index contributed by atoms with van der Waals surface area (Å²) in [6.07, 6.45) is 0. The fourth-order valence-corrected chi connectivity index (χ4v) is 4.27. The first-order valence-electron chi connectivity index (χ1n) is 6.68. The van der Waals surface area contributed by atoms with Gasteiger partial charge in [-0.15, -0.1) is 0 Å². The summed E-state index contributed by atoms with van der Waals surface area (Å²) in [5.41, 5.74) is 1.20. The summed E-state index contributed by atoms with van der Waals surface area (Å²) in [6.45, 7) is 4.04. The van der Waals surface area contributed by atoms with Crippen LogP contribution in [0.1, 0.15) is 0 Å². The van der Waals surface area contributed by atoms with Crippen molar-refractivity contribution in [3.8, 4) is 11.5 Å². The van der Waals surface area contributed by atoms with Gasteiger partial charge in [-0.3, -0.25) is 0 Å². The van der Waals surface area contributed by atoms with Crippen molar-refractivity contribution in [3.63, 3.8) is 0 Å². The average molecular weight is 316 g/mol. The fraction of sp³-hybridized carbons (Fsp3) is 0.176. The lowest BCUT2D eigenvalue weighted by atomic mass is 10.3. The lowest BCUT2D eigenvalue weighted by Crippen LogP contribution is -2.38. The molecule has 0 N–H and O–H groups in total. The fourth-order valence-electron chi connectivity index (χ4n) is 1.87. The van der Waals surface area contributed by atoms with Gasteiger partial charge in [-0.1, -0.05) is 72.1 Å². The Morgan fingerprint density at radius 3 is 1.62 bits per heavy atom. The number of hydrogen-bond acceptors (Lipinski definition) is 4. The van der Waals surface area contributed by atoms with E-state index in [9.17, 15) is 0 Å². The van der Waals surface area contributed by atoms with E-state index in [0.29, 0.717) is 0 Å². The summed E-state index contributed by atoms with van der Waals surface area (Å²) < 4.78 is 11.6. The number of hydrogen-bond donors (Lipinski definition) is 0. The molecule has 0 bridgehead atoms. The Kier molecular flexibility index (Phi) is 4.46. The Balaban J connectivity index is 1.82. The van der Waals surface area contributed by atoms with Gasteiger partial charge in [0, 0.05) is 11.5 Å². The van der Waals surface area contributed by atoms with Crippen molar-refractivity contribution in [3.05, 3.63) is 72.8 Å². The SMILES string of the molecule is C=C1CSC(Oc2ccccc2)(Oc2ccccc2)SC1. The highest BCUT2D eigenvalue weighted by Gasteiger charge is 2.40. The van der Waals surface area contributed by atoms with Crippen LogP contribution in [0.5, 0.6) is 11.5 Å². The number of thioether (sulfide) groups is 2. The molecule has 0 saturated carbocycles. The summed E-state index contributed by atoms with van der Waals surface area (Å²) in [6, 6.07) is 19.6. The van der Waals surface area contributed by atoms with Crippen molar-refractivity contribution in [2.45, 2.75) is 4.45 Å². The molecule has 0 unspecified atom stereocenters. The molecule has 0 amide bonds. The molecule has 1 fully saturated rings. The summed E-state index contributed by atoms with van der Waals surface area (Å²) in [5, 5.41) is 0. The van der Waals surface area contributed by atoms with E-state index >= 15 is 0 Å². The summed E-state index contributed by atoms with van der Waals surface area (Å²) in [5.74, 6) is 3.29. The Morgan fingerprint density at radius 1 is 0.762 bits per heavy atom. The number of ether oxygens (including phenoxy) is 2. The molecule has 4 heteroatoms. The summed E-state index contributed by atoms with van der Waals surface area (Å²) >= 11 is 3.25. The van der Waals surface area contributed by atoms with E-state index in [1.807, 2.05) is 60.7 Å².